The number of nitrogens with zero attached hydrogens (tertiary/aromatic N) is 4. The number of hydrogen-bond acceptors (Lipinski definition) is 6. The van der Waals surface area contributed by atoms with Gasteiger partial charge in [0.25, 0.3) is 0 Å². The molecular weight excluding hydrogens is 432 g/mol. The van der Waals surface area contributed by atoms with Gasteiger partial charge in [-0.2, -0.15) is 10.4 Å². The van der Waals surface area contributed by atoms with Crippen molar-refractivity contribution in [1.82, 2.24) is 14.8 Å². The molecule has 8 heteroatoms. The van der Waals surface area contributed by atoms with Gasteiger partial charge in [0.2, 0.25) is 0 Å². The first-order valence-electron chi connectivity index (χ1n) is 9.52. The fourth-order valence-corrected chi connectivity index (χ4v) is 4.55. The van der Waals surface area contributed by atoms with E-state index in [4.69, 9.17) is 22.0 Å². The third-order valence-electron chi connectivity index (χ3n) is 5.08. The van der Waals surface area contributed by atoms with Crippen LogP contribution in [-0.2, 0) is 6.54 Å². The molecule has 0 fully saturated rings. The lowest BCUT2D eigenvalue weighted by Gasteiger charge is -2.07. The highest BCUT2D eigenvalue weighted by Gasteiger charge is 2.15. The van der Waals surface area contributed by atoms with Crippen molar-refractivity contribution < 1.29 is 10.2 Å². The van der Waals surface area contributed by atoms with Gasteiger partial charge in [0.05, 0.1) is 22.8 Å². The summed E-state index contributed by atoms with van der Waals surface area (Å²) in [6.45, 7) is 4.59. The molecular formula is C23H19ClN4O2S. The summed E-state index contributed by atoms with van der Waals surface area (Å²) in [7, 11) is 0. The van der Waals surface area contributed by atoms with E-state index in [0.29, 0.717) is 17.1 Å². The molecule has 4 rings (SSSR count). The quantitative estimate of drug-likeness (QED) is 0.424. The summed E-state index contributed by atoms with van der Waals surface area (Å²) in [5.74, 6) is 0. The number of thiazole rings is 1. The SMILES string of the molecule is Cc1nn(Cc2ccc(-c3nc(C(O)O)cs3)cc2)c(C)c1-c1ccc(C#N)c(Cl)c1. The highest BCUT2D eigenvalue weighted by molar-refractivity contribution is 7.13. The maximum absolute atomic E-state index is 9.23. The largest absolute Gasteiger partial charge is 0.363 e. The Morgan fingerprint density at radius 3 is 2.45 bits per heavy atom. The lowest BCUT2D eigenvalue weighted by Crippen LogP contribution is -2.04. The Labute approximate surface area is 188 Å². The molecule has 0 aliphatic heterocycles. The predicted molar refractivity (Wildman–Crippen MR) is 121 cm³/mol. The van der Waals surface area contributed by atoms with Gasteiger partial charge in [-0.3, -0.25) is 4.68 Å². The zero-order valence-electron chi connectivity index (χ0n) is 16.9. The topological polar surface area (TPSA) is 95.0 Å². The van der Waals surface area contributed by atoms with Crippen LogP contribution < -0.4 is 0 Å². The smallest absolute Gasteiger partial charge is 0.196 e. The van der Waals surface area contributed by atoms with Crippen molar-refractivity contribution in [2.75, 3.05) is 0 Å². The van der Waals surface area contributed by atoms with Crippen LogP contribution in [0.2, 0.25) is 5.02 Å². The number of benzene rings is 2. The Bertz CT molecular complexity index is 1290. The van der Waals surface area contributed by atoms with E-state index in [1.54, 1.807) is 11.4 Å². The van der Waals surface area contributed by atoms with Crippen molar-refractivity contribution in [2.45, 2.75) is 26.7 Å². The van der Waals surface area contributed by atoms with Gasteiger partial charge in [-0.25, -0.2) is 4.98 Å². The van der Waals surface area contributed by atoms with E-state index in [9.17, 15) is 10.2 Å². The molecule has 2 heterocycles. The third-order valence-corrected chi connectivity index (χ3v) is 6.30. The second-order valence-corrected chi connectivity index (χ2v) is 8.42. The molecule has 0 aliphatic carbocycles. The van der Waals surface area contributed by atoms with Crippen molar-refractivity contribution >= 4 is 22.9 Å². The summed E-state index contributed by atoms with van der Waals surface area (Å²) >= 11 is 7.59. The molecule has 0 bridgehead atoms. The van der Waals surface area contributed by atoms with Crippen LogP contribution in [-0.4, -0.2) is 25.0 Å². The minimum Gasteiger partial charge on any atom is -0.363 e. The molecule has 156 valence electrons. The standard InChI is InChI=1S/C23H19ClN4O2S/c1-13-21(17-7-8-18(10-25)19(24)9-17)14(2)28(27-13)11-15-3-5-16(6-4-15)22-26-20(12-31-22)23(29)30/h3-9,12,23,29-30H,11H2,1-2H3. The number of halogens is 1. The lowest BCUT2D eigenvalue weighted by atomic mass is 10.0. The van der Waals surface area contributed by atoms with Gasteiger partial charge < -0.3 is 10.2 Å². The number of aromatic nitrogens is 3. The Morgan fingerprint density at radius 1 is 1.13 bits per heavy atom. The van der Waals surface area contributed by atoms with Gasteiger partial charge in [0, 0.05) is 22.2 Å². The van der Waals surface area contributed by atoms with Gasteiger partial charge in [0.1, 0.15) is 16.8 Å². The van der Waals surface area contributed by atoms with Crippen LogP contribution in [0.25, 0.3) is 21.7 Å². The molecule has 2 N–H and O–H groups in total. The van der Waals surface area contributed by atoms with Gasteiger partial charge in [0.15, 0.2) is 6.29 Å². The molecule has 0 saturated heterocycles. The normalized spacial score (nSPS) is 11.1. The molecule has 2 aromatic heterocycles. The van der Waals surface area contributed by atoms with Crippen molar-refractivity contribution in [3.63, 3.8) is 0 Å². The first kappa shape index (κ1) is 21.2. The van der Waals surface area contributed by atoms with Gasteiger partial charge >= 0.3 is 0 Å². The summed E-state index contributed by atoms with van der Waals surface area (Å²) in [6.07, 6.45) is -1.56. The second-order valence-electron chi connectivity index (χ2n) is 7.16. The Hall–Kier alpha value is -3.02. The van der Waals surface area contributed by atoms with Crippen LogP contribution in [0, 0.1) is 25.2 Å². The molecule has 6 nitrogen and oxygen atoms in total. The van der Waals surface area contributed by atoms with Crippen molar-refractivity contribution in [3.05, 3.63) is 81.1 Å². The molecule has 0 unspecified atom stereocenters. The van der Waals surface area contributed by atoms with E-state index in [1.165, 1.54) is 11.3 Å². The fourth-order valence-electron chi connectivity index (χ4n) is 3.49. The number of hydrogen-bond donors (Lipinski definition) is 2. The highest BCUT2D eigenvalue weighted by atomic mass is 35.5. The van der Waals surface area contributed by atoms with Gasteiger partial charge in [-0.15, -0.1) is 11.3 Å². The molecule has 31 heavy (non-hydrogen) atoms. The van der Waals surface area contributed by atoms with Crippen molar-refractivity contribution in [1.29, 1.82) is 5.26 Å². The third kappa shape index (κ3) is 4.24. The Kier molecular flexibility index (Phi) is 5.90. The van der Waals surface area contributed by atoms with Crippen LogP contribution in [0.1, 0.15) is 34.5 Å². The number of aliphatic hydroxyl groups is 2. The van der Waals surface area contributed by atoms with E-state index >= 15 is 0 Å². The molecule has 0 spiro atoms. The molecule has 0 atom stereocenters. The molecule has 4 aromatic rings. The highest BCUT2D eigenvalue weighted by Crippen LogP contribution is 2.31. The van der Waals surface area contributed by atoms with Crippen LogP contribution >= 0.6 is 22.9 Å². The lowest BCUT2D eigenvalue weighted by molar-refractivity contribution is -0.0453. The van der Waals surface area contributed by atoms with Crippen LogP contribution in [0.5, 0.6) is 0 Å². The molecule has 0 saturated carbocycles. The zero-order valence-corrected chi connectivity index (χ0v) is 18.4. The summed E-state index contributed by atoms with van der Waals surface area (Å²) in [5.41, 5.74) is 6.57. The minimum atomic E-state index is -1.56. The maximum Gasteiger partial charge on any atom is 0.196 e. The number of aryl methyl sites for hydroxylation is 1. The van der Waals surface area contributed by atoms with Crippen LogP contribution in [0.4, 0.5) is 0 Å². The van der Waals surface area contributed by atoms with E-state index in [1.807, 2.05) is 54.9 Å². The molecule has 0 radical (unpaired) electrons. The van der Waals surface area contributed by atoms with E-state index in [0.717, 1.165) is 38.6 Å². The average Bonchev–Trinajstić information content (AvgIpc) is 3.34. The Balaban J connectivity index is 1.58. The summed E-state index contributed by atoms with van der Waals surface area (Å²) in [5, 5.41) is 35.1. The van der Waals surface area contributed by atoms with Gasteiger partial charge in [-0.1, -0.05) is 41.9 Å². The second kappa shape index (κ2) is 8.61. The summed E-state index contributed by atoms with van der Waals surface area (Å²) < 4.78 is 1.95. The van der Waals surface area contributed by atoms with E-state index < -0.39 is 6.29 Å². The average molecular weight is 451 g/mol. The molecule has 0 aliphatic rings. The summed E-state index contributed by atoms with van der Waals surface area (Å²) in [6, 6.07) is 15.5. The van der Waals surface area contributed by atoms with Crippen molar-refractivity contribution in [2.24, 2.45) is 0 Å². The maximum atomic E-state index is 9.23. The Morgan fingerprint density at radius 2 is 1.84 bits per heavy atom. The first-order valence-corrected chi connectivity index (χ1v) is 10.8. The molecule has 2 aromatic carbocycles. The van der Waals surface area contributed by atoms with Crippen molar-refractivity contribution in [3.8, 4) is 27.8 Å². The van der Waals surface area contributed by atoms with E-state index in [-0.39, 0.29) is 5.69 Å². The van der Waals surface area contributed by atoms with E-state index in [2.05, 4.69) is 11.1 Å². The monoisotopic (exact) mass is 450 g/mol. The first-order chi connectivity index (χ1) is 14.9. The van der Waals surface area contributed by atoms with Crippen LogP contribution in [0.15, 0.2) is 47.8 Å². The fraction of sp³-hybridized carbons (Fsp3) is 0.174. The zero-order chi connectivity index (χ0) is 22.1. The number of rotatable bonds is 5. The minimum absolute atomic E-state index is 0.252. The summed E-state index contributed by atoms with van der Waals surface area (Å²) in [4.78, 5) is 4.25. The number of nitriles is 1. The van der Waals surface area contributed by atoms with Gasteiger partial charge in [-0.05, 0) is 37.1 Å². The predicted octanol–water partition coefficient (Wildman–Crippen LogP) is 4.85. The molecule has 0 amide bonds. The van der Waals surface area contributed by atoms with Crippen LogP contribution in [0.3, 0.4) is 0 Å². The number of aliphatic hydroxyl groups excluding tert-OH is 1.